The van der Waals surface area contributed by atoms with Crippen LogP contribution in [0.3, 0.4) is 0 Å². The molecule has 0 aliphatic rings. The molecule has 108 valence electrons. The molecule has 1 N–H and O–H groups in total. The number of thioether (sulfide) groups is 1. The average molecular weight is 362 g/mol. The van der Waals surface area contributed by atoms with Gasteiger partial charge in [0.25, 0.3) is 5.76 Å². The third-order valence-corrected chi connectivity index (χ3v) is 3.78. The quantitative estimate of drug-likeness (QED) is 0.767. The second-order valence-corrected chi connectivity index (χ2v) is 6.07. The maximum Gasteiger partial charge on any atom is 0.284 e. The number of furan rings is 1. The highest BCUT2D eigenvalue weighted by molar-refractivity contribution is 9.10. The topological polar surface area (TPSA) is 25.2 Å². The molecule has 0 unspecified atom stereocenters. The monoisotopic (exact) mass is 361 g/mol. The SMILES string of the molecule is FC(F)SCc1ccc(CNCc2cccc(Br)c2)o1. The molecule has 0 saturated heterocycles. The lowest BCUT2D eigenvalue weighted by atomic mass is 10.2. The van der Waals surface area contributed by atoms with Crippen molar-refractivity contribution in [1.82, 2.24) is 5.32 Å². The van der Waals surface area contributed by atoms with Gasteiger partial charge in [0.05, 0.1) is 12.3 Å². The number of nitrogens with one attached hydrogen (secondary N) is 1. The van der Waals surface area contributed by atoms with E-state index in [1.54, 1.807) is 6.07 Å². The molecule has 0 spiro atoms. The molecule has 1 aromatic heterocycles. The number of benzene rings is 1. The first-order chi connectivity index (χ1) is 9.63. The minimum Gasteiger partial charge on any atom is -0.464 e. The van der Waals surface area contributed by atoms with E-state index >= 15 is 0 Å². The van der Waals surface area contributed by atoms with Crippen molar-refractivity contribution < 1.29 is 13.2 Å². The molecule has 0 saturated carbocycles. The van der Waals surface area contributed by atoms with E-state index in [-0.39, 0.29) is 5.75 Å². The van der Waals surface area contributed by atoms with Crippen LogP contribution in [0.2, 0.25) is 0 Å². The molecule has 1 heterocycles. The first-order valence-electron chi connectivity index (χ1n) is 6.06. The molecule has 6 heteroatoms. The predicted molar refractivity (Wildman–Crippen MR) is 80.7 cm³/mol. The summed E-state index contributed by atoms with van der Waals surface area (Å²) in [5, 5.41) is 3.25. The van der Waals surface area contributed by atoms with Crippen LogP contribution >= 0.6 is 27.7 Å². The van der Waals surface area contributed by atoms with Crippen molar-refractivity contribution in [1.29, 1.82) is 0 Å². The Bertz CT molecular complexity index is 547. The molecule has 0 amide bonds. The van der Waals surface area contributed by atoms with E-state index in [1.165, 1.54) is 5.56 Å². The molecule has 0 aliphatic carbocycles. The van der Waals surface area contributed by atoms with Gasteiger partial charge in [0.2, 0.25) is 0 Å². The fraction of sp³-hybridized carbons (Fsp3) is 0.286. The van der Waals surface area contributed by atoms with Crippen molar-refractivity contribution in [2.75, 3.05) is 0 Å². The van der Waals surface area contributed by atoms with Crippen LogP contribution in [0.25, 0.3) is 0 Å². The minimum atomic E-state index is -2.36. The fourth-order valence-electron chi connectivity index (χ4n) is 1.72. The molecule has 0 radical (unpaired) electrons. The van der Waals surface area contributed by atoms with E-state index in [0.29, 0.717) is 24.1 Å². The van der Waals surface area contributed by atoms with Gasteiger partial charge in [-0.3, -0.25) is 0 Å². The Kier molecular flexibility index (Phi) is 6.06. The lowest BCUT2D eigenvalue weighted by molar-refractivity contribution is 0.251. The van der Waals surface area contributed by atoms with Crippen LogP contribution in [0.4, 0.5) is 8.78 Å². The van der Waals surface area contributed by atoms with E-state index < -0.39 is 5.76 Å². The predicted octanol–water partition coefficient (Wildman–Crippen LogP) is 4.79. The lowest BCUT2D eigenvalue weighted by Crippen LogP contribution is -2.11. The highest BCUT2D eigenvalue weighted by Crippen LogP contribution is 2.21. The van der Waals surface area contributed by atoms with Crippen LogP contribution in [-0.4, -0.2) is 5.76 Å². The van der Waals surface area contributed by atoms with Crippen molar-refractivity contribution in [2.45, 2.75) is 24.6 Å². The van der Waals surface area contributed by atoms with E-state index in [0.717, 1.165) is 16.8 Å². The number of alkyl halides is 2. The van der Waals surface area contributed by atoms with Crippen molar-refractivity contribution in [2.24, 2.45) is 0 Å². The van der Waals surface area contributed by atoms with Crippen LogP contribution in [0, 0.1) is 0 Å². The van der Waals surface area contributed by atoms with Crippen LogP contribution in [0.15, 0.2) is 45.3 Å². The molecule has 0 aliphatic heterocycles. The summed E-state index contributed by atoms with van der Waals surface area (Å²) in [6, 6.07) is 11.6. The molecule has 0 atom stereocenters. The summed E-state index contributed by atoms with van der Waals surface area (Å²) >= 11 is 3.99. The first-order valence-corrected chi connectivity index (χ1v) is 7.90. The highest BCUT2D eigenvalue weighted by atomic mass is 79.9. The summed E-state index contributed by atoms with van der Waals surface area (Å²) in [4.78, 5) is 0. The van der Waals surface area contributed by atoms with Gasteiger partial charge in [-0.25, -0.2) is 0 Å². The number of hydrogen-bond acceptors (Lipinski definition) is 3. The minimum absolute atomic E-state index is 0.198. The summed E-state index contributed by atoms with van der Waals surface area (Å²) in [7, 11) is 0. The van der Waals surface area contributed by atoms with Crippen LogP contribution in [0.5, 0.6) is 0 Å². The van der Waals surface area contributed by atoms with Gasteiger partial charge in [-0.2, -0.15) is 8.78 Å². The third-order valence-electron chi connectivity index (χ3n) is 2.59. The van der Waals surface area contributed by atoms with E-state index in [1.807, 2.05) is 30.3 Å². The molecule has 0 bridgehead atoms. The Labute approximate surface area is 129 Å². The standard InChI is InChI=1S/C14H14BrF2NOS/c15-11-3-1-2-10(6-11)7-18-8-12-4-5-13(19-12)9-20-14(16)17/h1-6,14,18H,7-9H2. The molecular formula is C14H14BrF2NOS. The van der Waals surface area contributed by atoms with Crippen LogP contribution in [0.1, 0.15) is 17.1 Å². The third kappa shape index (κ3) is 5.26. The number of rotatable bonds is 7. The molecule has 2 rings (SSSR count). The average Bonchev–Trinajstić information content (AvgIpc) is 2.84. The molecular weight excluding hydrogens is 348 g/mol. The maximum absolute atomic E-state index is 12.1. The van der Waals surface area contributed by atoms with Gasteiger partial charge in [-0.05, 0) is 29.8 Å². The molecule has 20 heavy (non-hydrogen) atoms. The van der Waals surface area contributed by atoms with Gasteiger partial charge >= 0.3 is 0 Å². The maximum atomic E-state index is 12.1. The van der Waals surface area contributed by atoms with E-state index in [9.17, 15) is 8.78 Å². The van der Waals surface area contributed by atoms with Crippen LogP contribution in [-0.2, 0) is 18.8 Å². The second-order valence-electron chi connectivity index (χ2n) is 4.17. The number of hydrogen-bond donors (Lipinski definition) is 1. The normalized spacial score (nSPS) is 11.2. The Morgan fingerprint density at radius 2 is 1.95 bits per heavy atom. The smallest absolute Gasteiger partial charge is 0.284 e. The lowest BCUT2D eigenvalue weighted by Gasteiger charge is -2.03. The Balaban J connectivity index is 1.77. The van der Waals surface area contributed by atoms with Gasteiger partial charge in [-0.1, -0.05) is 39.8 Å². The Hall–Kier alpha value is -0.850. The van der Waals surface area contributed by atoms with Gasteiger partial charge < -0.3 is 9.73 Å². The highest BCUT2D eigenvalue weighted by Gasteiger charge is 2.07. The molecule has 2 aromatic rings. The summed E-state index contributed by atoms with van der Waals surface area (Å²) in [6.07, 6.45) is 0. The number of halogens is 3. The van der Waals surface area contributed by atoms with Gasteiger partial charge in [0.1, 0.15) is 11.5 Å². The van der Waals surface area contributed by atoms with E-state index in [2.05, 4.69) is 21.2 Å². The zero-order valence-corrected chi connectivity index (χ0v) is 13.0. The Morgan fingerprint density at radius 1 is 1.15 bits per heavy atom. The second kappa shape index (κ2) is 7.81. The van der Waals surface area contributed by atoms with Crippen LogP contribution < -0.4 is 5.32 Å². The zero-order chi connectivity index (χ0) is 14.4. The van der Waals surface area contributed by atoms with Crippen molar-refractivity contribution in [3.05, 3.63) is 58.0 Å². The van der Waals surface area contributed by atoms with Crippen molar-refractivity contribution in [3.8, 4) is 0 Å². The summed E-state index contributed by atoms with van der Waals surface area (Å²) in [6.45, 7) is 1.30. The summed E-state index contributed by atoms with van der Waals surface area (Å²) in [5.74, 6) is -0.832. The molecule has 2 nitrogen and oxygen atoms in total. The summed E-state index contributed by atoms with van der Waals surface area (Å²) < 4.78 is 30.6. The van der Waals surface area contributed by atoms with Gasteiger partial charge in [0.15, 0.2) is 0 Å². The Morgan fingerprint density at radius 3 is 2.70 bits per heavy atom. The fourth-order valence-corrected chi connectivity index (χ4v) is 2.61. The summed E-state index contributed by atoms with van der Waals surface area (Å²) in [5.41, 5.74) is 1.17. The van der Waals surface area contributed by atoms with Crippen molar-refractivity contribution >= 4 is 27.7 Å². The zero-order valence-electron chi connectivity index (χ0n) is 10.6. The van der Waals surface area contributed by atoms with Gasteiger partial charge in [0, 0.05) is 11.0 Å². The van der Waals surface area contributed by atoms with Gasteiger partial charge in [-0.15, -0.1) is 0 Å². The largest absolute Gasteiger partial charge is 0.464 e. The molecule has 1 aromatic carbocycles. The van der Waals surface area contributed by atoms with Crippen molar-refractivity contribution in [3.63, 3.8) is 0 Å². The first kappa shape index (κ1) is 15.5. The van der Waals surface area contributed by atoms with E-state index in [4.69, 9.17) is 4.42 Å². The molecule has 0 fully saturated rings.